The quantitative estimate of drug-likeness (QED) is 0.814. The normalized spacial score (nSPS) is 10.4. The van der Waals surface area contributed by atoms with E-state index < -0.39 is 0 Å². The second-order valence-electron chi connectivity index (χ2n) is 4.53. The molecule has 94 valence electrons. The first-order valence-corrected chi connectivity index (χ1v) is 5.85. The van der Waals surface area contributed by atoms with E-state index in [1.807, 2.05) is 33.0 Å². The summed E-state index contributed by atoms with van der Waals surface area (Å²) in [5.74, 6) is -0.308. The molecule has 0 fully saturated rings. The largest absolute Gasteiger partial charge is 0.397 e. The van der Waals surface area contributed by atoms with Crippen LogP contribution in [0.2, 0.25) is 0 Å². The van der Waals surface area contributed by atoms with Crippen molar-refractivity contribution in [2.24, 2.45) is 0 Å². The molecule has 2 aromatic rings. The molecule has 0 radical (unpaired) electrons. The molecule has 0 heterocycles. The number of benzene rings is 2. The van der Waals surface area contributed by atoms with Gasteiger partial charge in [-0.1, -0.05) is 23.8 Å². The number of anilines is 3. The van der Waals surface area contributed by atoms with Gasteiger partial charge in [-0.05, 0) is 37.6 Å². The summed E-state index contributed by atoms with van der Waals surface area (Å²) in [5.41, 5.74) is 9.96. The summed E-state index contributed by atoms with van der Waals surface area (Å²) in [6.07, 6.45) is 0. The molecule has 0 aliphatic rings. The Morgan fingerprint density at radius 3 is 2.44 bits per heavy atom. The van der Waals surface area contributed by atoms with Gasteiger partial charge in [-0.25, -0.2) is 4.39 Å². The lowest BCUT2D eigenvalue weighted by atomic mass is 10.1. The zero-order valence-electron chi connectivity index (χ0n) is 10.9. The molecule has 0 saturated carbocycles. The number of halogens is 1. The van der Waals surface area contributed by atoms with Crippen molar-refractivity contribution in [1.29, 1.82) is 0 Å². The van der Waals surface area contributed by atoms with E-state index in [-0.39, 0.29) is 5.82 Å². The predicted octanol–water partition coefficient (Wildman–Crippen LogP) is 3.79. The maximum atomic E-state index is 13.9. The minimum atomic E-state index is -0.308. The Morgan fingerprint density at radius 1 is 1.11 bits per heavy atom. The third kappa shape index (κ3) is 2.16. The fourth-order valence-corrected chi connectivity index (χ4v) is 2.19. The Hall–Kier alpha value is -2.03. The standard InChI is InChI=1S/C15H17FN2/c1-10-7-8-14(11(2)9-10)18(3)15-12(16)5-4-6-13(15)17/h4-9H,17H2,1-3H3. The zero-order valence-corrected chi connectivity index (χ0v) is 10.9. The number of hydrogen-bond acceptors (Lipinski definition) is 2. The molecule has 0 bridgehead atoms. The minimum Gasteiger partial charge on any atom is -0.397 e. The van der Waals surface area contributed by atoms with Crippen LogP contribution >= 0.6 is 0 Å². The van der Waals surface area contributed by atoms with Crippen LogP contribution in [0.1, 0.15) is 11.1 Å². The molecule has 2 rings (SSSR count). The SMILES string of the molecule is Cc1ccc(N(C)c2c(N)cccc2F)c(C)c1. The summed E-state index contributed by atoms with van der Waals surface area (Å²) in [4.78, 5) is 1.79. The lowest BCUT2D eigenvalue weighted by Gasteiger charge is -2.23. The number of nitrogens with two attached hydrogens (primary N) is 1. The molecule has 0 saturated heterocycles. The van der Waals surface area contributed by atoms with E-state index in [0.29, 0.717) is 11.4 Å². The van der Waals surface area contributed by atoms with Crippen LogP contribution in [0.15, 0.2) is 36.4 Å². The number of rotatable bonds is 2. The molecule has 0 unspecified atom stereocenters. The van der Waals surface area contributed by atoms with E-state index in [1.54, 1.807) is 17.0 Å². The van der Waals surface area contributed by atoms with E-state index in [0.717, 1.165) is 11.3 Å². The van der Waals surface area contributed by atoms with Gasteiger partial charge >= 0.3 is 0 Å². The lowest BCUT2D eigenvalue weighted by Crippen LogP contribution is -2.14. The highest BCUT2D eigenvalue weighted by molar-refractivity contribution is 5.76. The van der Waals surface area contributed by atoms with E-state index in [2.05, 4.69) is 6.07 Å². The highest BCUT2D eigenvalue weighted by Gasteiger charge is 2.14. The molecular weight excluding hydrogens is 227 g/mol. The first-order chi connectivity index (χ1) is 8.50. The first kappa shape index (κ1) is 12.4. The van der Waals surface area contributed by atoms with Gasteiger partial charge in [-0.15, -0.1) is 0 Å². The molecule has 2 aromatic carbocycles. The van der Waals surface area contributed by atoms with Crippen molar-refractivity contribution in [1.82, 2.24) is 0 Å². The number of nitrogens with zero attached hydrogens (tertiary/aromatic N) is 1. The summed E-state index contributed by atoms with van der Waals surface area (Å²) in [6.45, 7) is 4.05. The van der Waals surface area contributed by atoms with E-state index in [1.165, 1.54) is 11.6 Å². The Bertz CT molecular complexity index is 558. The van der Waals surface area contributed by atoms with Crippen LogP contribution in [-0.2, 0) is 0 Å². The van der Waals surface area contributed by atoms with Crippen LogP contribution < -0.4 is 10.6 Å². The van der Waals surface area contributed by atoms with Crippen molar-refractivity contribution >= 4 is 17.1 Å². The maximum Gasteiger partial charge on any atom is 0.148 e. The molecule has 0 atom stereocenters. The van der Waals surface area contributed by atoms with Gasteiger partial charge in [0, 0.05) is 12.7 Å². The Balaban J connectivity index is 2.51. The topological polar surface area (TPSA) is 29.3 Å². The molecule has 0 amide bonds. The van der Waals surface area contributed by atoms with Crippen LogP contribution in [0.4, 0.5) is 21.5 Å². The number of aryl methyl sites for hydroxylation is 2. The fourth-order valence-electron chi connectivity index (χ4n) is 2.19. The summed E-state index contributed by atoms with van der Waals surface area (Å²) >= 11 is 0. The summed E-state index contributed by atoms with van der Waals surface area (Å²) in [5, 5.41) is 0. The van der Waals surface area contributed by atoms with Crippen molar-refractivity contribution in [2.75, 3.05) is 17.7 Å². The molecule has 2 nitrogen and oxygen atoms in total. The van der Waals surface area contributed by atoms with Crippen LogP contribution in [0.5, 0.6) is 0 Å². The van der Waals surface area contributed by atoms with Crippen LogP contribution in [0, 0.1) is 19.7 Å². The molecule has 2 N–H and O–H groups in total. The van der Waals surface area contributed by atoms with E-state index in [4.69, 9.17) is 5.73 Å². The molecule has 0 aliphatic heterocycles. The van der Waals surface area contributed by atoms with Crippen LogP contribution in [0.25, 0.3) is 0 Å². The Labute approximate surface area is 107 Å². The van der Waals surface area contributed by atoms with E-state index in [9.17, 15) is 4.39 Å². The Kier molecular flexibility index (Phi) is 3.24. The summed E-state index contributed by atoms with van der Waals surface area (Å²) in [6, 6.07) is 10.8. The van der Waals surface area contributed by atoms with Crippen LogP contribution in [0.3, 0.4) is 0 Å². The number of para-hydroxylation sites is 1. The fraction of sp³-hybridized carbons (Fsp3) is 0.200. The van der Waals surface area contributed by atoms with Crippen molar-refractivity contribution in [3.05, 3.63) is 53.3 Å². The molecule has 3 heteroatoms. The zero-order chi connectivity index (χ0) is 13.3. The monoisotopic (exact) mass is 244 g/mol. The van der Waals surface area contributed by atoms with Gasteiger partial charge in [0.2, 0.25) is 0 Å². The average molecular weight is 244 g/mol. The lowest BCUT2D eigenvalue weighted by molar-refractivity contribution is 0.628. The van der Waals surface area contributed by atoms with Gasteiger partial charge in [-0.2, -0.15) is 0 Å². The molecule has 0 spiro atoms. The minimum absolute atomic E-state index is 0.308. The van der Waals surface area contributed by atoms with Crippen molar-refractivity contribution < 1.29 is 4.39 Å². The molecule has 18 heavy (non-hydrogen) atoms. The average Bonchev–Trinajstić information content (AvgIpc) is 2.28. The second kappa shape index (κ2) is 4.69. The van der Waals surface area contributed by atoms with Gasteiger partial charge < -0.3 is 10.6 Å². The highest BCUT2D eigenvalue weighted by atomic mass is 19.1. The molecule has 0 aliphatic carbocycles. The van der Waals surface area contributed by atoms with Crippen molar-refractivity contribution in [2.45, 2.75) is 13.8 Å². The van der Waals surface area contributed by atoms with Gasteiger partial charge in [0.15, 0.2) is 0 Å². The highest BCUT2D eigenvalue weighted by Crippen LogP contribution is 2.33. The Morgan fingerprint density at radius 2 is 1.83 bits per heavy atom. The van der Waals surface area contributed by atoms with Crippen molar-refractivity contribution in [3.63, 3.8) is 0 Å². The van der Waals surface area contributed by atoms with Crippen LogP contribution in [-0.4, -0.2) is 7.05 Å². The number of nitrogen functional groups attached to an aromatic ring is 1. The predicted molar refractivity (Wildman–Crippen MR) is 74.8 cm³/mol. The second-order valence-corrected chi connectivity index (χ2v) is 4.53. The summed E-state index contributed by atoms with van der Waals surface area (Å²) in [7, 11) is 1.83. The smallest absolute Gasteiger partial charge is 0.148 e. The third-order valence-corrected chi connectivity index (χ3v) is 3.07. The summed E-state index contributed by atoms with van der Waals surface area (Å²) < 4.78 is 13.9. The van der Waals surface area contributed by atoms with Gasteiger partial charge in [0.1, 0.15) is 11.5 Å². The van der Waals surface area contributed by atoms with Crippen molar-refractivity contribution in [3.8, 4) is 0 Å². The van der Waals surface area contributed by atoms with Gasteiger partial charge in [0.05, 0.1) is 5.69 Å². The number of hydrogen-bond donors (Lipinski definition) is 1. The third-order valence-electron chi connectivity index (χ3n) is 3.07. The maximum absolute atomic E-state index is 13.9. The van der Waals surface area contributed by atoms with E-state index >= 15 is 0 Å². The first-order valence-electron chi connectivity index (χ1n) is 5.85. The van der Waals surface area contributed by atoms with Gasteiger partial charge in [0.25, 0.3) is 0 Å². The van der Waals surface area contributed by atoms with Gasteiger partial charge in [-0.3, -0.25) is 0 Å². The molecular formula is C15H17FN2. The molecule has 0 aromatic heterocycles.